The fourth-order valence-electron chi connectivity index (χ4n) is 2.98. The lowest BCUT2D eigenvalue weighted by Crippen LogP contribution is -2.50. The van der Waals surface area contributed by atoms with E-state index in [1.807, 2.05) is 37.3 Å². The molecule has 1 aliphatic rings. The average molecular weight is 373 g/mol. The Morgan fingerprint density at radius 2 is 1.77 bits per heavy atom. The highest BCUT2D eigenvalue weighted by molar-refractivity contribution is 6.33. The molecule has 1 heterocycles. The lowest BCUT2D eigenvalue weighted by atomic mass is 10.1. The average Bonchev–Trinajstić information content (AvgIpc) is 2.66. The minimum Gasteiger partial charge on any atom is -0.452 e. The van der Waals surface area contributed by atoms with Gasteiger partial charge in [0.25, 0.3) is 5.91 Å². The molecule has 1 amide bonds. The van der Waals surface area contributed by atoms with Gasteiger partial charge in [-0.1, -0.05) is 41.4 Å². The molecule has 0 aliphatic carbocycles. The predicted molar refractivity (Wildman–Crippen MR) is 102 cm³/mol. The van der Waals surface area contributed by atoms with Crippen LogP contribution in [0.25, 0.3) is 0 Å². The molecule has 0 radical (unpaired) electrons. The Morgan fingerprint density at radius 3 is 2.46 bits per heavy atom. The number of nitrogens with zero attached hydrogens (tertiary/aromatic N) is 2. The van der Waals surface area contributed by atoms with Crippen molar-refractivity contribution in [3.63, 3.8) is 0 Å². The Balaban J connectivity index is 1.49. The molecule has 136 valence electrons. The molecule has 1 aliphatic heterocycles. The number of carbonyl (C=O) groups excluding carboxylic acids is 2. The predicted octanol–water partition coefficient (Wildman–Crippen LogP) is 3.15. The minimum atomic E-state index is -0.475. The smallest absolute Gasteiger partial charge is 0.338 e. The summed E-state index contributed by atoms with van der Waals surface area (Å²) in [5, 5.41) is 0.708. The fourth-order valence-corrected chi connectivity index (χ4v) is 3.23. The SMILES string of the molecule is Cc1cccc(C(=O)OCC(=O)N2CCN(c3ccccc3Cl)CC2)c1. The van der Waals surface area contributed by atoms with Crippen LogP contribution in [-0.4, -0.2) is 49.6 Å². The van der Waals surface area contributed by atoms with E-state index in [1.165, 1.54) is 0 Å². The van der Waals surface area contributed by atoms with Gasteiger partial charge in [0.05, 0.1) is 16.3 Å². The van der Waals surface area contributed by atoms with Crippen molar-refractivity contribution >= 4 is 29.2 Å². The van der Waals surface area contributed by atoms with Gasteiger partial charge in [-0.15, -0.1) is 0 Å². The van der Waals surface area contributed by atoms with Crippen molar-refractivity contribution in [3.8, 4) is 0 Å². The van der Waals surface area contributed by atoms with E-state index in [4.69, 9.17) is 16.3 Å². The first-order valence-electron chi connectivity index (χ1n) is 8.55. The zero-order chi connectivity index (χ0) is 18.5. The molecule has 26 heavy (non-hydrogen) atoms. The van der Waals surface area contributed by atoms with Gasteiger partial charge in [0, 0.05) is 26.2 Å². The number of benzene rings is 2. The summed E-state index contributed by atoms with van der Waals surface area (Å²) in [5.41, 5.74) is 2.41. The third kappa shape index (κ3) is 4.35. The number of aryl methyl sites for hydroxylation is 1. The molecule has 0 saturated carbocycles. The van der Waals surface area contributed by atoms with E-state index in [-0.39, 0.29) is 12.5 Å². The van der Waals surface area contributed by atoms with E-state index in [0.29, 0.717) is 36.8 Å². The Hall–Kier alpha value is -2.53. The normalized spacial score (nSPS) is 14.2. The van der Waals surface area contributed by atoms with Crippen molar-refractivity contribution < 1.29 is 14.3 Å². The van der Waals surface area contributed by atoms with E-state index >= 15 is 0 Å². The molecule has 0 N–H and O–H groups in total. The maximum absolute atomic E-state index is 12.3. The van der Waals surface area contributed by atoms with Crippen molar-refractivity contribution in [3.05, 3.63) is 64.7 Å². The maximum Gasteiger partial charge on any atom is 0.338 e. The van der Waals surface area contributed by atoms with Crippen LogP contribution < -0.4 is 4.90 Å². The molecule has 2 aromatic carbocycles. The first kappa shape index (κ1) is 18.3. The molecule has 0 bridgehead atoms. The monoisotopic (exact) mass is 372 g/mol. The summed E-state index contributed by atoms with van der Waals surface area (Å²) in [5.74, 6) is -0.651. The highest BCUT2D eigenvalue weighted by Crippen LogP contribution is 2.26. The van der Waals surface area contributed by atoms with Crippen molar-refractivity contribution in [1.82, 2.24) is 4.90 Å². The highest BCUT2D eigenvalue weighted by Gasteiger charge is 2.23. The second kappa shape index (κ2) is 8.23. The summed E-state index contributed by atoms with van der Waals surface area (Å²) in [4.78, 5) is 28.2. The molecule has 0 unspecified atom stereocenters. The maximum atomic E-state index is 12.3. The summed E-state index contributed by atoms with van der Waals surface area (Å²) in [6, 6.07) is 14.8. The summed E-state index contributed by atoms with van der Waals surface area (Å²) in [7, 11) is 0. The highest BCUT2D eigenvalue weighted by atomic mass is 35.5. The van der Waals surface area contributed by atoms with Crippen LogP contribution >= 0.6 is 11.6 Å². The van der Waals surface area contributed by atoms with Crippen molar-refractivity contribution in [2.24, 2.45) is 0 Å². The molecule has 2 aromatic rings. The van der Waals surface area contributed by atoms with Crippen LogP contribution in [0.15, 0.2) is 48.5 Å². The van der Waals surface area contributed by atoms with E-state index in [9.17, 15) is 9.59 Å². The number of esters is 1. The van der Waals surface area contributed by atoms with Gasteiger partial charge in [-0.25, -0.2) is 4.79 Å². The number of para-hydroxylation sites is 1. The molecule has 1 fully saturated rings. The van der Waals surface area contributed by atoms with Gasteiger partial charge < -0.3 is 14.5 Å². The lowest BCUT2D eigenvalue weighted by molar-refractivity contribution is -0.134. The molecule has 1 saturated heterocycles. The zero-order valence-electron chi connectivity index (χ0n) is 14.7. The Bertz CT molecular complexity index is 801. The van der Waals surface area contributed by atoms with Crippen LogP contribution in [0, 0.1) is 6.92 Å². The third-order valence-corrected chi connectivity index (χ3v) is 4.73. The van der Waals surface area contributed by atoms with Crippen molar-refractivity contribution in [2.75, 3.05) is 37.7 Å². The molecule has 5 nitrogen and oxygen atoms in total. The van der Waals surface area contributed by atoms with Gasteiger partial charge in [0.15, 0.2) is 6.61 Å². The molecule has 6 heteroatoms. The lowest BCUT2D eigenvalue weighted by Gasteiger charge is -2.36. The van der Waals surface area contributed by atoms with Gasteiger partial charge in [-0.3, -0.25) is 4.79 Å². The number of amides is 1. The first-order valence-corrected chi connectivity index (χ1v) is 8.93. The number of carbonyl (C=O) groups is 2. The molecule has 0 aromatic heterocycles. The topological polar surface area (TPSA) is 49.9 Å². The van der Waals surface area contributed by atoms with Crippen LogP contribution in [-0.2, 0) is 9.53 Å². The fraction of sp³-hybridized carbons (Fsp3) is 0.300. The molecular formula is C20H21ClN2O3. The Labute approximate surface area is 158 Å². The standard InChI is InChI=1S/C20H21ClN2O3/c1-15-5-4-6-16(13-15)20(25)26-14-19(24)23-11-9-22(10-12-23)18-8-3-2-7-17(18)21/h2-8,13H,9-12,14H2,1H3. The van der Waals surface area contributed by atoms with Crippen LogP contribution in [0.3, 0.4) is 0 Å². The number of halogens is 1. The van der Waals surface area contributed by atoms with Crippen molar-refractivity contribution in [1.29, 1.82) is 0 Å². The van der Waals surface area contributed by atoms with E-state index < -0.39 is 5.97 Å². The molecular weight excluding hydrogens is 352 g/mol. The van der Waals surface area contributed by atoms with Crippen LogP contribution in [0.1, 0.15) is 15.9 Å². The van der Waals surface area contributed by atoms with E-state index in [1.54, 1.807) is 23.1 Å². The van der Waals surface area contributed by atoms with Crippen molar-refractivity contribution in [2.45, 2.75) is 6.92 Å². The summed E-state index contributed by atoms with van der Waals surface area (Å²) >= 11 is 6.23. The summed E-state index contributed by atoms with van der Waals surface area (Å²) in [6.45, 7) is 4.21. The molecule has 3 rings (SSSR count). The van der Waals surface area contributed by atoms with E-state index in [0.717, 1.165) is 11.3 Å². The molecule has 0 atom stereocenters. The minimum absolute atomic E-state index is 0.176. The number of anilines is 1. The number of hydrogen-bond donors (Lipinski definition) is 0. The number of ether oxygens (including phenoxy) is 1. The zero-order valence-corrected chi connectivity index (χ0v) is 15.4. The quantitative estimate of drug-likeness (QED) is 0.773. The Morgan fingerprint density at radius 1 is 1.04 bits per heavy atom. The summed E-state index contributed by atoms with van der Waals surface area (Å²) in [6.07, 6.45) is 0. The molecule has 0 spiro atoms. The van der Waals surface area contributed by atoms with Gasteiger partial charge in [-0.05, 0) is 31.2 Å². The second-order valence-electron chi connectivity index (χ2n) is 6.26. The van der Waals surface area contributed by atoms with E-state index in [2.05, 4.69) is 4.90 Å². The van der Waals surface area contributed by atoms with Crippen LogP contribution in [0.4, 0.5) is 5.69 Å². The number of rotatable bonds is 4. The second-order valence-corrected chi connectivity index (χ2v) is 6.67. The number of hydrogen-bond acceptors (Lipinski definition) is 4. The van der Waals surface area contributed by atoms with Crippen LogP contribution in [0.5, 0.6) is 0 Å². The van der Waals surface area contributed by atoms with Gasteiger partial charge in [0.1, 0.15) is 0 Å². The Kier molecular flexibility index (Phi) is 5.78. The summed E-state index contributed by atoms with van der Waals surface area (Å²) < 4.78 is 5.16. The van der Waals surface area contributed by atoms with Crippen LogP contribution in [0.2, 0.25) is 5.02 Å². The van der Waals surface area contributed by atoms with Gasteiger partial charge in [0.2, 0.25) is 0 Å². The first-order chi connectivity index (χ1) is 12.5. The van der Waals surface area contributed by atoms with Gasteiger partial charge in [-0.2, -0.15) is 0 Å². The third-order valence-electron chi connectivity index (χ3n) is 4.41. The largest absolute Gasteiger partial charge is 0.452 e. The van der Waals surface area contributed by atoms with Gasteiger partial charge >= 0.3 is 5.97 Å². The number of piperazine rings is 1.